The summed E-state index contributed by atoms with van der Waals surface area (Å²) in [5.41, 5.74) is 3.16. The monoisotopic (exact) mass is 277 g/mol. The van der Waals surface area contributed by atoms with E-state index in [2.05, 4.69) is 0 Å². The fourth-order valence-corrected chi connectivity index (χ4v) is 2.62. The van der Waals surface area contributed by atoms with Crippen LogP contribution in [0.15, 0.2) is 53.3 Å². The number of pyridine rings is 1. The lowest BCUT2D eigenvalue weighted by molar-refractivity contribution is 0.112. The Bertz CT molecular complexity index is 907. The maximum atomic E-state index is 12.5. The lowest BCUT2D eigenvalue weighted by atomic mass is 10.0. The number of hydrogen-bond donors (Lipinski definition) is 0. The summed E-state index contributed by atoms with van der Waals surface area (Å²) in [6, 6.07) is 15.0. The normalized spacial score (nSPS) is 10.8. The average molecular weight is 277 g/mol. The van der Waals surface area contributed by atoms with E-state index in [0.29, 0.717) is 10.9 Å². The maximum absolute atomic E-state index is 12.5. The number of aryl methyl sites for hydroxylation is 1. The lowest BCUT2D eigenvalue weighted by Gasteiger charge is -2.12. The maximum Gasteiger partial charge on any atom is 0.258 e. The average Bonchev–Trinajstić information content (AvgIpc) is 2.50. The van der Waals surface area contributed by atoms with Gasteiger partial charge < -0.3 is 4.57 Å². The molecular formula is C18H15NO2. The second-order valence-electron chi connectivity index (χ2n) is 5.19. The molecule has 0 bridgehead atoms. The molecule has 0 atom stereocenters. The van der Waals surface area contributed by atoms with Gasteiger partial charge in [-0.3, -0.25) is 9.59 Å². The highest BCUT2D eigenvalue weighted by atomic mass is 16.1. The van der Waals surface area contributed by atoms with Gasteiger partial charge in [-0.25, -0.2) is 0 Å². The van der Waals surface area contributed by atoms with Crippen molar-refractivity contribution in [3.05, 3.63) is 70.0 Å². The van der Waals surface area contributed by atoms with Gasteiger partial charge in [-0.15, -0.1) is 0 Å². The summed E-state index contributed by atoms with van der Waals surface area (Å²) in [5, 5.41) is 1.59. The van der Waals surface area contributed by atoms with Gasteiger partial charge in [-0.05, 0) is 24.4 Å². The van der Waals surface area contributed by atoms with Crippen molar-refractivity contribution in [2.45, 2.75) is 6.92 Å². The zero-order valence-corrected chi connectivity index (χ0v) is 12.0. The van der Waals surface area contributed by atoms with E-state index in [9.17, 15) is 9.59 Å². The third kappa shape index (κ3) is 2.17. The molecular weight excluding hydrogens is 262 g/mol. The summed E-state index contributed by atoms with van der Waals surface area (Å²) >= 11 is 0. The van der Waals surface area contributed by atoms with E-state index < -0.39 is 0 Å². The fourth-order valence-electron chi connectivity index (χ4n) is 2.62. The predicted octanol–water partition coefficient (Wildman–Crippen LogP) is 3.33. The van der Waals surface area contributed by atoms with Crippen LogP contribution < -0.4 is 5.56 Å². The van der Waals surface area contributed by atoms with Crippen LogP contribution in [0.2, 0.25) is 0 Å². The molecule has 0 fully saturated rings. The second-order valence-corrected chi connectivity index (χ2v) is 5.19. The SMILES string of the molecule is Cc1ccc2c(=O)n(C)c(-c3ccccc3C=O)cc2c1. The molecule has 1 heterocycles. The van der Waals surface area contributed by atoms with E-state index in [1.54, 1.807) is 17.7 Å². The van der Waals surface area contributed by atoms with Crippen molar-refractivity contribution >= 4 is 17.1 Å². The number of aldehydes is 1. The molecule has 0 spiro atoms. The Hall–Kier alpha value is -2.68. The predicted molar refractivity (Wildman–Crippen MR) is 84.7 cm³/mol. The minimum Gasteiger partial charge on any atom is -0.311 e. The topological polar surface area (TPSA) is 39.1 Å². The molecule has 0 saturated carbocycles. The molecule has 1 aromatic heterocycles. The zero-order valence-electron chi connectivity index (χ0n) is 12.0. The van der Waals surface area contributed by atoms with Crippen LogP contribution in [-0.4, -0.2) is 10.9 Å². The first kappa shape index (κ1) is 13.3. The van der Waals surface area contributed by atoms with Gasteiger partial charge in [0.05, 0.1) is 5.69 Å². The summed E-state index contributed by atoms with van der Waals surface area (Å²) in [6.45, 7) is 2.00. The van der Waals surface area contributed by atoms with Crippen molar-refractivity contribution in [3.8, 4) is 11.3 Å². The summed E-state index contributed by atoms with van der Waals surface area (Å²) < 4.78 is 1.60. The minimum absolute atomic E-state index is 0.0526. The quantitative estimate of drug-likeness (QED) is 0.674. The van der Waals surface area contributed by atoms with Crippen molar-refractivity contribution in [2.24, 2.45) is 7.05 Å². The first-order valence-corrected chi connectivity index (χ1v) is 6.77. The van der Waals surface area contributed by atoms with Gasteiger partial charge in [0.1, 0.15) is 0 Å². The van der Waals surface area contributed by atoms with Crippen LogP contribution in [0, 0.1) is 6.92 Å². The summed E-state index contributed by atoms with van der Waals surface area (Å²) in [5.74, 6) is 0. The van der Waals surface area contributed by atoms with E-state index in [4.69, 9.17) is 0 Å². The number of fused-ring (bicyclic) bond motifs is 1. The van der Waals surface area contributed by atoms with Crippen LogP contribution in [0.3, 0.4) is 0 Å². The highest BCUT2D eigenvalue weighted by Crippen LogP contribution is 2.24. The fraction of sp³-hybridized carbons (Fsp3) is 0.111. The number of hydrogen-bond acceptors (Lipinski definition) is 2. The largest absolute Gasteiger partial charge is 0.311 e. The standard InChI is InChI=1S/C18H15NO2/c1-12-7-8-16-14(9-12)10-17(19(2)18(16)21)15-6-4-3-5-13(15)11-20/h3-11H,1-2H3. The Labute approximate surface area is 122 Å². The molecule has 2 aromatic carbocycles. The Kier molecular flexibility index (Phi) is 3.18. The Morgan fingerprint density at radius 3 is 2.57 bits per heavy atom. The van der Waals surface area contributed by atoms with Crippen LogP contribution in [0.5, 0.6) is 0 Å². The van der Waals surface area contributed by atoms with Crippen LogP contribution in [0.25, 0.3) is 22.0 Å². The molecule has 3 heteroatoms. The van der Waals surface area contributed by atoms with E-state index in [0.717, 1.165) is 28.5 Å². The molecule has 0 radical (unpaired) electrons. The molecule has 3 nitrogen and oxygen atoms in total. The van der Waals surface area contributed by atoms with Crippen LogP contribution in [-0.2, 0) is 7.05 Å². The van der Waals surface area contributed by atoms with E-state index in [-0.39, 0.29) is 5.56 Å². The number of carbonyl (C=O) groups is 1. The van der Waals surface area contributed by atoms with Crippen molar-refractivity contribution in [1.82, 2.24) is 4.57 Å². The van der Waals surface area contributed by atoms with Crippen molar-refractivity contribution in [1.29, 1.82) is 0 Å². The van der Waals surface area contributed by atoms with Crippen molar-refractivity contribution in [2.75, 3.05) is 0 Å². The number of carbonyl (C=O) groups excluding carboxylic acids is 1. The lowest BCUT2D eigenvalue weighted by Crippen LogP contribution is -2.18. The molecule has 0 amide bonds. The second kappa shape index (κ2) is 5.02. The third-order valence-electron chi connectivity index (χ3n) is 3.76. The van der Waals surface area contributed by atoms with Gasteiger partial charge in [0.2, 0.25) is 0 Å². The molecule has 0 aliphatic rings. The van der Waals surface area contributed by atoms with Crippen molar-refractivity contribution < 1.29 is 4.79 Å². The Morgan fingerprint density at radius 2 is 1.81 bits per heavy atom. The highest BCUT2D eigenvalue weighted by Gasteiger charge is 2.11. The summed E-state index contributed by atoms with van der Waals surface area (Å²) in [6.07, 6.45) is 0.820. The van der Waals surface area contributed by atoms with Crippen LogP contribution in [0.1, 0.15) is 15.9 Å². The zero-order chi connectivity index (χ0) is 15.0. The number of nitrogens with zero attached hydrogens (tertiary/aromatic N) is 1. The summed E-state index contributed by atoms with van der Waals surface area (Å²) in [7, 11) is 1.73. The number of aromatic nitrogens is 1. The molecule has 0 saturated heterocycles. The van der Waals surface area contributed by atoms with Gasteiger partial charge in [0, 0.05) is 23.6 Å². The van der Waals surface area contributed by atoms with E-state index in [1.165, 1.54) is 0 Å². The van der Waals surface area contributed by atoms with E-state index >= 15 is 0 Å². The van der Waals surface area contributed by atoms with Crippen LogP contribution >= 0.6 is 0 Å². The molecule has 0 unspecified atom stereocenters. The Balaban J connectivity index is 2.40. The van der Waals surface area contributed by atoms with Gasteiger partial charge in [-0.2, -0.15) is 0 Å². The third-order valence-corrected chi connectivity index (χ3v) is 3.76. The van der Waals surface area contributed by atoms with Gasteiger partial charge in [-0.1, -0.05) is 42.0 Å². The van der Waals surface area contributed by atoms with E-state index in [1.807, 2.05) is 49.4 Å². The molecule has 0 aliphatic carbocycles. The van der Waals surface area contributed by atoms with Crippen LogP contribution in [0.4, 0.5) is 0 Å². The Morgan fingerprint density at radius 1 is 1.05 bits per heavy atom. The first-order valence-electron chi connectivity index (χ1n) is 6.77. The van der Waals surface area contributed by atoms with Gasteiger partial charge >= 0.3 is 0 Å². The molecule has 3 rings (SSSR count). The van der Waals surface area contributed by atoms with Crippen molar-refractivity contribution in [3.63, 3.8) is 0 Å². The number of rotatable bonds is 2. The molecule has 0 aliphatic heterocycles. The van der Waals surface area contributed by atoms with Gasteiger partial charge in [0.15, 0.2) is 6.29 Å². The summed E-state index contributed by atoms with van der Waals surface area (Å²) in [4.78, 5) is 23.7. The van der Waals surface area contributed by atoms with Gasteiger partial charge in [0.25, 0.3) is 5.56 Å². The smallest absolute Gasteiger partial charge is 0.258 e. The molecule has 3 aromatic rings. The minimum atomic E-state index is -0.0526. The molecule has 21 heavy (non-hydrogen) atoms. The number of benzene rings is 2. The highest BCUT2D eigenvalue weighted by molar-refractivity contribution is 5.91. The molecule has 0 N–H and O–H groups in total. The molecule has 104 valence electrons. The first-order chi connectivity index (χ1) is 10.1.